The Bertz CT molecular complexity index is 468. The monoisotopic (exact) mass is 290 g/mol. The van der Waals surface area contributed by atoms with Crippen molar-refractivity contribution >= 4 is 36.4 Å². The predicted octanol–water partition coefficient (Wildman–Crippen LogP) is 0.795. The van der Waals surface area contributed by atoms with E-state index in [0.29, 0.717) is 13.0 Å². The highest BCUT2D eigenvalue weighted by Gasteiger charge is 2.01. The van der Waals surface area contributed by atoms with Crippen molar-refractivity contribution in [2.75, 3.05) is 13.1 Å². The highest BCUT2D eigenvalue weighted by atomic mass is 35.5. The number of nitrogens with two attached hydrogens (primary N) is 1. The third-order valence-electron chi connectivity index (χ3n) is 2.30. The van der Waals surface area contributed by atoms with Crippen molar-refractivity contribution in [1.82, 2.24) is 14.7 Å². The number of aromatic nitrogens is 2. The summed E-state index contributed by atoms with van der Waals surface area (Å²) in [6.45, 7) is 0.602. The summed E-state index contributed by atoms with van der Waals surface area (Å²) < 4.78 is 1.96. The zero-order chi connectivity index (χ0) is 11.4. The van der Waals surface area contributed by atoms with Crippen LogP contribution in [0.15, 0.2) is 30.6 Å². The molecule has 0 aliphatic rings. The molecule has 3 N–H and O–H groups in total. The van der Waals surface area contributed by atoms with E-state index in [1.165, 1.54) is 0 Å². The Morgan fingerprint density at radius 1 is 1.39 bits per heavy atom. The smallest absolute Gasteiger partial charge is 0.233 e. The summed E-state index contributed by atoms with van der Waals surface area (Å²) in [5.41, 5.74) is 7.06. The number of hydrogen-bond donors (Lipinski definition) is 2. The molecule has 0 aliphatic carbocycles. The van der Waals surface area contributed by atoms with Gasteiger partial charge in [-0.3, -0.25) is 4.79 Å². The van der Waals surface area contributed by atoms with Gasteiger partial charge in [-0.15, -0.1) is 24.8 Å². The minimum absolute atomic E-state index is 0. The van der Waals surface area contributed by atoms with E-state index in [2.05, 4.69) is 10.3 Å². The van der Waals surface area contributed by atoms with E-state index >= 15 is 0 Å². The Hall–Kier alpha value is -1.30. The fourth-order valence-electron chi connectivity index (χ4n) is 1.51. The quantitative estimate of drug-likeness (QED) is 0.875. The van der Waals surface area contributed by atoms with E-state index < -0.39 is 0 Å². The summed E-state index contributed by atoms with van der Waals surface area (Å²) in [6.07, 6.45) is 4.63. The molecule has 2 heterocycles. The number of rotatable bonds is 4. The molecule has 0 aromatic carbocycles. The first-order valence-electron chi connectivity index (χ1n) is 5.19. The van der Waals surface area contributed by atoms with Gasteiger partial charge in [0, 0.05) is 25.4 Å². The number of fused-ring (bicyclic) bond motifs is 1. The molecule has 0 fully saturated rings. The first kappa shape index (κ1) is 16.7. The van der Waals surface area contributed by atoms with E-state index in [1.807, 2.05) is 35.0 Å². The van der Waals surface area contributed by atoms with E-state index in [1.54, 1.807) is 0 Å². The van der Waals surface area contributed by atoms with E-state index in [0.717, 1.165) is 11.3 Å². The number of hydrogen-bond acceptors (Lipinski definition) is 3. The van der Waals surface area contributed by atoms with E-state index in [9.17, 15) is 4.79 Å². The third-order valence-corrected chi connectivity index (χ3v) is 2.30. The van der Waals surface area contributed by atoms with Crippen LogP contribution in [-0.2, 0) is 11.2 Å². The Morgan fingerprint density at radius 2 is 2.17 bits per heavy atom. The molecule has 1 amide bonds. The molecule has 0 radical (unpaired) electrons. The van der Waals surface area contributed by atoms with Crippen LogP contribution < -0.4 is 11.1 Å². The van der Waals surface area contributed by atoms with Gasteiger partial charge in [-0.25, -0.2) is 4.98 Å². The molecular weight excluding hydrogens is 275 g/mol. The maximum atomic E-state index is 10.9. The number of amides is 1. The van der Waals surface area contributed by atoms with Crippen LogP contribution in [0.25, 0.3) is 5.65 Å². The molecule has 5 nitrogen and oxygen atoms in total. The SMILES string of the molecule is Cl.Cl.NCC(=O)NCCc1cn2ccccc2n1. The Labute approximate surface area is 118 Å². The summed E-state index contributed by atoms with van der Waals surface area (Å²) in [5, 5.41) is 2.71. The fourth-order valence-corrected chi connectivity index (χ4v) is 1.51. The van der Waals surface area contributed by atoms with Gasteiger partial charge in [0.2, 0.25) is 5.91 Å². The second-order valence-electron chi connectivity index (χ2n) is 3.50. The lowest BCUT2D eigenvalue weighted by atomic mass is 10.3. The number of nitrogens with one attached hydrogen (secondary N) is 1. The number of pyridine rings is 1. The summed E-state index contributed by atoms with van der Waals surface area (Å²) >= 11 is 0. The molecule has 0 spiro atoms. The van der Waals surface area contributed by atoms with E-state index in [4.69, 9.17) is 5.73 Å². The molecule has 0 atom stereocenters. The molecule has 2 aromatic heterocycles. The van der Waals surface area contributed by atoms with Crippen molar-refractivity contribution in [3.63, 3.8) is 0 Å². The molecule has 0 aliphatic heterocycles. The molecule has 0 saturated carbocycles. The van der Waals surface area contributed by atoms with Gasteiger partial charge in [0.15, 0.2) is 0 Å². The number of halogens is 2. The van der Waals surface area contributed by atoms with Crippen molar-refractivity contribution < 1.29 is 4.79 Å². The minimum atomic E-state index is -0.135. The van der Waals surface area contributed by atoms with Gasteiger partial charge in [0.05, 0.1) is 12.2 Å². The predicted molar refractivity (Wildman–Crippen MR) is 75.5 cm³/mol. The van der Waals surface area contributed by atoms with Gasteiger partial charge >= 0.3 is 0 Å². The molecule has 2 rings (SSSR count). The number of imidazole rings is 1. The fraction of sp³-hybridized carbons (Fsp3) is 0.273. The van der Waals surface area contributed by atoms with Crippen LogP contribution >= 0.6 is 24.8 Å². The Balaban J connectivity index is 0.00000144. The lowest BCUT2D eigenvalue weighted by Crippen LogP contribution is -2.31. The number of carbonyl (C=O) groups is 1. The molecule has 0 unspecified atom stereocenters. The van der Waals surface area contributed by atoms with Crippen LogP contribution in [0.1, 0.15) is 5.69 Å². The lowest BCUT2D eigenvalue weighted by molar-refractivity contribution is -0.119. The number of carbonyl (C=O) groups excluding carboxylic acids is 1. The van der Waals surface area contributed by atoms with Gasteiger partial charge in [-0.05, 0) is 12.1 Å². The lowest BCUT2D eigenvalue weighted by Gasteiger charge is -2.00. The summed E-state index contributed by atoms with van der Waals surface area (Å²) in [5.74, 6) is -0.135. The highest BCUT2D eigenvalue weighted by Crippen LogP contribution is 2.04. The summed E-state index contributed by atoms with van der Waals surface area (Å²) in [6, 6.07) is 5.85. The van der Waals surface area contributed by atoms with Gasteiger partial charge < -0.3 is 15.5 Å². The second kappa shape index (κ2) is 7.92. The molecule has 0 saturated heterocycles. The van der Waals surface area contributed by atoms with Gasteiger partial charge in [0.25, 0.3) is 0 Å². The first-order chi connectivity index (χ1) is 7.79. The van der Waals surface area contributed by atoms with Gasteiger partial charge in [0.1, 0.15) is 5.65 Å². The maximum Gasteiger partial charge on any atom is 0.233 e. The van der Waals surface area contributed by atoms with Crippen LogP contribution in [0.4, 0.5) is 0 Å². The molecule has 0 bridgehead atoms. The van der Waals surface area contributed by atoms with Crippen LogP contribution in [0.5, 0.6) is 0 Å². The maximum absolute atomic E-state index is 10.9. The minimum Gasteiger partial charge on any atom is -0.355 e. The molecule has 2 aromatic rings. The highest BCUT2D eigenvalue weighted by molar-refractivity contribution is 5.85. The topological polar surface area (TPSA) is 72.4 Å². The van der Waals surface area contributed by atoms with Crippen molar-refractivity contribution in [3.05, 3.63) is 36.3 Å². The molecule has 7 heteroatoms. The summed E-state index contributed by atoms with van der Waals surface area (Å²) in [7, 11) is 0. The molecule has 100 valence electrons. The molecule has 18 heavy (non-hydrogen) atoms. The van der Waals surface area contributed by atoms with Crippen LogP contribution in [0.3, 0.4) is 0 Å². The van der Waals surface area contributed by atoms with Crippen LogP contribution in [-0.4, -0.2) is 28.4 Å². The molecular formula is C11H16Cl2N4O. The van der Waals surface area contributed by atoms with Crippen molar-refractivity contribution in [2.24, 2.45) is 5.73 Å². The average Bonchev–Trinajstić information content (AvgIpc) is 2.71. The van der Waals surface area contributed by atoms with Gasteiger partial charge in [-0.2, -0.15) is 0 Å². The van der Waals surface area contributed by atoms with E-state index in [-0.39, 0.29) is 37.3 Å². The zero-order valence-electron chi connectivity index (χ0n) is 9.70. The van der Waals surface area contributed by atoms with Crippen molar-refractivity contribution in [2.45, 2.75) is 6.42 Å². The Morgan fingerprint density at radius 3 is 2.83 bits per heavy atom. The first-order valence-corrected chi connectivity index (χ1v) is 5.19. The second-order valence-corrected chi connectivity index (χ2v) is 3.50. The Kier molecular flexibility index (Phi) is 7.35. The van der Waals surface area contributed by atoms with Crippen molar-refractivity contribution in [1.29, 1.82) is 0 Å². The van der Waals surface area contributed by atoms with Gasteiger partial charge in [-0.1, -0.05) is 6.07 Å². The van der Waals surface area contributed by atoms with Crippen LogP contribution in [0.2, 0.25) is 0 Å². The standard InChI is InChI=1S/C11H14N4O.2ClH/c12-7-11(16)13-5-4-9-8-15-6-2-1-3-10(15)14-9;;/h1-3,6,8H,4-5,7,12H2,(H,13,16);2*1H. The normalized spacial score (nSPS) is 9.39. The third kappa shape index (κ3) is 4.18. The summed E-state index contributed by atoms with van der Waals surface area (Å²) in [4.78, 5) is 15.3. The average molecular weight is 291 g/mol. The number of nitrogens with zero attached hydrogens (tertiary/aromatic N) is 2. The van der Waals surface area contributed by atoms with Crippen LogP contribution in [0, 0.1) is 0 Å². The largest absolute Gasteiger partial charge is 0.355 e. The van der Waals surface area contributed by atoms with Crippen molar-refractivity contribution in [3.8, 4) is 0 Å². The zero-order valence-corrected chi connectivity index (χ0v) is 11.3.